The predicted molar refractivity (Wildman–Crippen MR) is 79.3 cm³/mol. The lowest BCUT2D eigenvalue weighted by atomic mass is 10.0. The lowest BCUT2D eigenvalue weighted by molar-refractivity contribution is 0.0732. The van der Waals surface area contributed by atoms with Crippen LogP contribution in [-0.4, -0.2) is 61.7 Å². The first-order valence-electron chi connectivity index (χ1n) is 7.17. The molecule has 3 N–H and O–H groups in total. The smallest absolute Gasteiger partial charge is 0.107 e. The number of methoxy groups -OCH3 is 1. The van der Waals surface area contributed by atoms with E-state index in [4.69, 9.17) is 10.5 Å². The monoisotopic (exact) mass is 286 g/mol. The minimum absolute atomic E-state index is 0.190. The van der Waals surface area contributed by atoms with Gasteiger partial charge >= 0.3 is 0 Å². The van der Waals surface area contributed by atoms with Crippen LogP contribution in [-0.2, 0) is 4.74 Å². The molecule has 0 aromatic heterocycles. The molecule has 1 aliphatic rings. The topological polar surface area (TPSA) is 58.7 Å². The zero-order chi connectivity index (χ0) is 15.0. The second-order valence-electron chi connectivity index (χ2n) is 5.26. The van der Waals surface area contributed by atoms with Gasteiger partial charge in [0.15, 0.2) is 0 Å². The molecule has 0 bridgehead atoms. The first-order valence-corrected chi connectivity index (χ1v) is 7.17. The van der Waals surface area contributed by atoms with Gasteiger partial charge in [-0.25, -0.2) is 4.39 Å². The summed E-state index contributed by atoms with van der Waals surface area (Å²) in [5, 5.41) is 9.45. The van der Waals surface area contributed by atoms with Crippen LogP contribution in [0.15, 0.2) is 23.8 Å². The molecule has 0 aromatic carbocycles. The van der Waals surface area contributed by atoms with Crippen LogP contribution >= 0.6 is 0 Å². The predicted octanol–water partition coefficient (Wildman–Crippen LogP) is 1.26. The number of aliphatic hydroxyl groups excluding tert-OH is 1. The van der Waals surface area contributed by atoms with Crippen molar-refractivity contribution in [3.8, 4) is 0 Å². The van der Waals surface area contributed by atoms with Crippen molar-refractivity contribution in [3.05, 3.63) is 23.8 Å². The van der Waals surface area contributed by atoms with Gasteiger partial charge in [-0.15, -0.1) is 0 Å². The number of nitrogens with two attached hydrogens (primary N) is 1. The Labute approximate surface area is 121 Å². The zero-order valence-corrected chi connectivity index (χ0v) is 12.5. The summed E-state index contributed by atoms with van der Waals surface area (Å²) >= 11 is 0. The number of nitrogens with zero attached hydrogens (tertiary/aromatic N) is 1. The Morgan fingerprint density at radius 3 is 2.85 bits per heavy atom. The molecule has 0 aromatic rings. The van der Waals surface area contributed by atoms with E-state index in [-0.39, 0.29) is 12.2 Å². The Morgan fingerprint density at radius 1 is 1.60 bits per heavy atom. The van der Waals surface area contributed by atoms with E-state index in [1.807, 2.05) is 19.1 Å². The highest BCUT2D eigenvalue weighted by Crippen LogP contribution is 2.13. The summed E-state index contributed by atoms with van der Waals surface area (Å²) in [6, 6.07) is -0.586. The van der Waals surface area contributed by atoms with E-state index in [2.05, 4.69) is 11.0 Å². The highest BCUT2D eigenvalue weighted by atomic mass is 19.1. The SMILES string of the molecule is C/C=C(\C=C/CN1CCC(O)C1)CC(OC)C(N)CF. The first-order chi connectivity index (χ1) is 9.60. The fourth-order valence-electron chi connectivity index (χ4n) is 2.35. The van der Waals surface area contributed by atoms with Crippen molar-refractivity contribution in [2.75, 3.05) is 33.4 Å². The minimum atomic E-state index is -0.586. The Balaban J connectivity index is 2.42. The zero-order valence-electron chi connectivity index (χ0n) is 12.5. The average Bonchev–Trinajstić information content (AvgIpc) is 2.87. The number of β-amino-alcohol motifs (C(OH)–C–C–N with tert-alkyl or cyclic N) is 1. The molecule has 0 amide bonds. The van der Waals surface area contributed by atoms with Crippen LogP contribution in [0, 0.1) is 0 Å². The summed E-state index contributed by atoms with van der Waals surface area (Å²) in [5.74, 6) is 0. The number of alkyl halides is 1. The van der Waals surface area contributed by atoms with Crippen LogP contribution in [0.5, 0.6) is 0 Å². The quantitative estimate of drug-likeness (QED) is 0.660. The third kappa shape index (κ3) is 5.71. The Kier molecular flexibility index (Phi) is 7.99. The Hall–Kier alpha value is -0.750. The van der Waals surface area contributed by atoms with Gasteiger partial charge in [0, 0.05) is 26.7 Å². The fraction of sp³-hybridized carbons (Fsp3) is 0.733. The van der Waals surface area contributed by atoms with Crippen molar-refractivity contribution in [1.29, 1.82) is 0 Å². The van der Waals surface area contributed by atoms with E-state index < -0.39 is 12.7 Å². The number of rotatable bonds is 8. The van der Waals surface area contributed by atoms with Crippen molar-refractivity contribution >= 4 is 0 Å². The van der Waals surface area contributed by atoms with Gasteiger partial charge in [0.25, 0.3) is 0 Å². The molecule has 5 heteroatoms. The maximum Gasteiger partial charge on any atom is 0.107 e. The fourth-order valence-corrected chi connectivity index (χ4v) is 2.35. The van der Waals surface area contributed by atoms with E-state index in [1.54, 1.807) is 7.11 Å². The molecule has 3 unspecified atom stereocenters. The third-order valence-electron chi connectivity index (χ3n) is 3.71. The van der Waals surface area contributed by atoms with Crippen LogP contribution in [0.2, 0.25) is 0 Å². The number of aliphatic hydroxyl groups is 1. The highest BCUT2D eigenvalue weighted by Gasteiger charge is 2.19. The molecule has 1 heterocycles. The number of ether oxygens (including phenoxy) is 1. The van der Waals surface area contributed by atoms with Gasteiger partial charge in [-0.05, 0) is 25.3 Å². The highest BCUT2D eigenvalue weighted by molar-refractivity contribution is 5.19. The molecule has 20 heavy (non-hydrogen) atoms. The van der Waals surface area contributed by atoms with Gasteiger partial charge in [-0.2, -0.15) is 0 Å². The van der Waals surface area contributed by atoms with E-state index in [0.717, 1.165) is 31.6 Å². The number of halogens is 1. The number of hydrogen-bond donors (Lipinski definition) is 2. The van der Waals surface area contributed by atoms with Gasteiger partial charge in [-0.1, -0.05) is 18.2 Å². The van der Waals surface area contributed by atoms with Gasteiger partial charge in [0.1, 0.15) is 6.67 Å². The number of hydrogen-bond acceptors (Lipinski definition) is 4. The average molecular weight is 286 g/mol. The molecule has 1 rings (SSSR count). The summed E-state index contributed by atoms with van der Waals surface area (Å²) in [6.45, 7) is 3.87. The standard InChI is InChI=1S/C15H27FN2O2/c1-3-12(9-15(20-2)14(17)10-16)5-4-7-18-8-6-13(19)11-18/h3-5,13-15,19H,6-11,17H2,1-2H3/b5-4-,12-3+. The molecular formula is C15H27FN2O2. The van der Waals surface area contributed by atoms with E-state index in [1.165, 1.54) is 0 Å². The second-order valence-corrected chi connectivity index (χ2v) is 5.26. The largest absolute Gasteiger partial charge is 0.392 e. The molecule has 3 atom stereocenters. The van der Waals surface area contributed by atoms with Crippen molar-refractivity contribution < 1.29 is 14.2 Å². The van der Waals surface area contributed by atoms with Crippen molar-refractivity contribution in [2.24, 2.45) is 5.73 Å². The summed E-state index contributed by atoms with van der Waals surface area (Å²) in [5.41, 5.74) is 6.77. The van der Waals surface area contributed by atoms with Gasteiger partial charge in [-0.3, -0.25) is 4.90 Å². The van der Waals surface area contributed by atoms with Crippen LogP contribution < -0.4 is 5.73 Å². The van der Waals surface area contributed by atoms with E-state index in [0.29, 0.717) is 6.42 Å². The van der Waals surface area contributed by atoms with Crippen LogP contribution in [0.4, 0.5) is 4.39 Å². The molecule has 4 nitrogen and oxygen atoms in total. The number of likely N-dealkylation sites (tertiary alicyclic amines) is 1. The Morgan fingerprint density at radius 2 is 2.35 bits per heavy atom. The molecule has 0 radical (unpaired) electrons. The molecule has 0 aliphatic carbocycles. The Bertz CT molecular complexity index is 334. The molecule has 0 spiro atoms. The summed E-state index contributed by atoms with van der Waals surface area (Å²) in [7, 11) is 1.56. The van der Waals surface area contributed by atoms with Crippen molar-refractivity contribution in [1.82, 2.24) is 4.90 Å². The van der Waals surface area contributed by atoms with Crippen LogP contribution in [0.3, 0.4) is 0 Å². The normalized spacial score (nSPS) is 24.4. The lowest BCUT2D eigenvalue weighted by Crippen LogP contribution is -2.38. The molecule has 1 saturated heterocycles. The van der Waals surface area contributed by atoms with Crippen molar-refractivity contribution in [3.63, 3.8) is 0 Å². The van der Waals surface area contributed by atoms with Gasteiger partial charge in [0.2, 0.25) is 0 Å². The molecule has 1 fully saturated rings. The van der Waals surface area contributed by atoms with Gasteiger partial charge < -0.3 is 15.6 Å². The second kappa shape index (κ2) is 9.23. The van der Waals surface area contributed by atoms with E-state index in [9.17, 15) is 9.50 Å². The molecule has 0 saturated carbocycles. The minimum Gasteiger partial charge on any atom is -0.392 e. The third-order valence-corrected chi connectivity index (χ3v) is 3.71. The lowest BCUT2D eigenvalue weighted by Gasteiger charge is -2.20. The molecular weight excluding hydrogens is 259 g/mol. The molecule has 116 valence electrons. The number of allylic oxidation sites excluding steroid dienone is 2. The van der Waals surface area contributed by atoms with Crippen LogP contribution in [0.25, 0.3) is 0 Å². The van der Waals surface area contributed by atoms with Gasteiger partial charge in [0.05, 0.1) is 18.2 Å². The van der Waals surface area contributed by atoms with E-state index >= 15 is 0 Å². The summed E-state index contributed by atoms with van der Waals surface area (Å²) < 4.78 is 17.8. The maximum absolute atomic E-state index is 12.6. The summed E-state index contributed by atoms with van der Waals surface area (Å²) in [6.07, 6.45) is 7.06. The first kappa shape index (κ1) is 17.3. The molecule has 1 aliphatic heterocycles. The maximum atomic E-state index is 12.6. The summed E-state index contributed by atoms with van der Waals surface area (Å²) in [4.78, 5) is 2.20. The van der Waals surface area contributed by atoms with Crippen LogP contribution in [0.1, 0.15) is 19.8 Å². The van der Waals surface area contributed by atoms with Crippen molar-refractivity contribution in [2.45, 2.75) is 38.0 Å².